The van der Waals surface area contributed by atoms with Crippen molar-refractivity contribution in [1.29, 1.82) is 0 Å². The van der Waals surface area contributed by atoms with E-state index in [2.05, 4.69) is 15.3 Å². The van der Waals surface area contributed by atoms with Crippen molar-refractivity contribution in [1.82, 2.24) is 14.7 Å². The Balaban J connectivity index is 1.55. The standard InChI is InChI=1S/C23H26ClN5O6S2/c1-23(25,12-4-3-5-14(24)6-12)13-7-18(36-10-13)19(30)15-9-27-11-28-22(15)29-16-8-17(21(32)20(16)31)35-37(33,34)26-2/h3-7,9-11,16-17,20-21,26,31-32H,8,25H2,1-2H3,(H,27,28,29)/t16-,17-,20+,21+,23-/m1/s1. The number of nitrogens with zero attached hydrogens (tertiary/aromatic N) is 2. The van der Waals surface area contributed by atoms with Gasteiger partial charge >= 0.3 is 10.3 Å². The van der Waals surface area contributed by atoms with Gasteiger partial charge in [0.2, 0.25) is 5.78 Å². The van der Waals surface area contributed by atoms with E-state index < -0.39 is 40.2 Å². The predicted octanol–water partition coefficient (Wildman–Crippen LogP) is 1.40. The summed E-state index contributed by atoms with van der Waals surface area (Å²) < 4.78 is 30.4. The van der Waals surface area contributed by atoms with Gasteiger partial charge in [-0.25, -0.2) is 9.97 Å². The lowest BCUT2D eigenvalue weighted by Crippen LogP contribution is -2.38. The Morgan fingerprint density at radius 3 is 2.73 bits per heavy atom. The summed E-state index contributed by atoms with van der Waals surface area (Å²) in [5, 5.41) is 26.0. The molecule has 37 heavy (non-hydrogen) atoms. The Morgan fingerprint density at radius 2 is 2.03 bits per heavy atom. The number of carbonyl (C=O) groups is 1. The second kappa shape index (κ2) is 10.7. The molecule has 0 bridgehead atoms. The van der Waals surface area contributed by atoms with Gasteiger partial charge in [-0.1, -0.05) is 23.7 Å². The summed E-state index contributed by atoms with van der Waals surface area (Å²) in [7, 11) is -2.92. The quantitative estimate of drug-likeness (QED) is 0.237. The van der Waals surface area contributed by atoms with Gasteiger partial charge in [0, 0.05) is 24.7 Å². The van der Waals surface area contributed by atoms with Gasteiger partial charge in [0.05, 0.1) is 22.0 Å². The van der Waals surface area contributed by atoms with Gasteiger partial charge in [0.1, 0.15) is 30.5 Å². The summed E-state index contributed by atoms with van der Waals surface area (Å²) in [6.07, 6.45) is -1.54. The lowest BCUT2D eigenvalue weighted by molar-refractivity contribution is -0.00882. The number of hydrogen-bond donors (Lipinski definition) is 5. The molecule has 0 unspecified atom stereocenters. The number of carbonyl (C=O) groups excluding carboxylic acids is 1. The van der Waals surface area contributed by atoms with Crippen LogP contribution in [0.4, 0.5) is 5.82 Å². The Morgan fingerprint density at radius 1 is 1.27 bits per heavy atom. The number of hydrogen-bond acceptors (Lipinski definition) is 11. The minimum absolute atomic E-state index is 0.0603. The van der Waals surface area contributed by atoms with E-state index in [9.17, 15) is 23.4 Å². The van der Waals surface area contributed by atoms with Gasteiger partial charge in [0.25, 0.3) is 0 Å². The van der Waals surface area contributed by atoms with Crippen LogP contribution in [0, 0.1) is 0 Å². The summed E-state index contributed by atoms with van der Waals surface area (Å²) >= 11 is 7.34. The minimum atomic E-state index is -4.09. The maximum atomic E-state index is 13.4. The molecule has 3 aromatic rings. The topological polar surface area (TPSA) is 177 Å². The molecule has 0 aliphatic heterocycles. The van der Waals surface area contributed by atoms with Crippen molar-refractivity contribution in [2.75, 3.05) is 12.4 Å². The molecule has 0 radical (unpaired) electrons. The van der Waals surface area contributed by atoms with E-state index in [0.29, 0.717) is 9.90 Å². The van der Waals surface area contributed by atoms with Crippen LogP contribution in [-0.4, -0.2) is 65.8 Å². The highest BCUT2D eigenvalue weighted by Crippen LogP contribution is 2.33. The molecular formula is C23H26ClN5O6S2. The number of nitrogens with two attached hydrogens (primary N) is 1. The van der Waals surface area contributed by atoms with Crippen LogP contribution < -0.4 is 15.8 Å². The zero-order chi connectivity index (χ0) is 27.0. The number of aliphatic hydroxyl groups excluding tert-OH is 2. The second-order valence-corrected chi connectivity index (χ2v) is 11.6. The molecule has 5 atom stereocenters. The first-order chi connectivity index (χ1) is 17.4. The lowest BCUT2D eigenvalue weighted by atomic mass is 9.87. The van der Waals surface area contributed by atoms with E-state index >= 15 is 0 Å². The average molecular weight is 568 g/mol. The van der Waals surface area contributed by atoms with Crippen LogP contribution in [0.1, 0.15) is 39.7 Å². The van der Waals surface area contributed by atoms with Gasteiger partial charge < -0.3 is 21.3 Å². The van der Waals surface area contributed by atoms with E-state index in [1.165, 1.54) is 30.9 Å². The smallest absolute Gasteiger partial charge is 0.335 e. The van der Waals surface area contributed by atoms with E-state index in [1.807, 2.05) is 17.7 Å². The van der Waals surface area contributed by atoms with Crippen LogP contribution in [-0.2, 0) is 20.0 Å². The number of nitrogens with one attached hydrogen (secondary N) is 2. The SMILES string of the molecule is CNS(=O)(=O)O[C@@H]1C[C@@H](Nc2ncncc2C(=O)c2cc([C@](C)(N)c3cccc(Cl)c3)cs2)[C@H](O)[C@H]1O. The van der Waals surface area contributed by atoms with Crippen molar-refractivity contribution < 1.29 is 27.6 Å². The van der Waals surface area contributed by atoms with Crippen LogP contribution in [0.2, 0.25) is 5.02 Å². The van der Waals surface area contributed by atoms with Crippen LogP contribution in [0.25, 0.3) is 0 Å². The number of aromatic nitrogens is 2. The van der Waals surface area contributed by atoms with E-state index in [-0.39, 0.29) is 23.6 Å². The molecule has 6 N–H and O–H groups in total. The van der Waals surface area contributed by atoms with Crippen molar-refractivity contribution in [2.45, 2.75) is 43.2 Å². The van der Waals surface area contributed by atoms with Crippen LogP contribution in [0.3, 0.4) is 0 Å². The minimum Gasteiger partial charge on any atom is -0.388 e. The summed E-state index contributed by atoms with van der Waals surface area (Å²) in [6.45, 7) is 1.83. The van der Waals surface area contributed by atoms with Gasteiger partial charge in [0.15, 0.2) is 0 Å². The molecular weight excluding hydrogens is 542 g/mol. The number of rotatable bonds is 9. The summed E-state index contributed by atoms with van der Waals surface area (Å²) in [6, 6.07) is 8.04. The third kappa shape index (κ3) is 5.84. The van der Waals surface area contributed by atoms with E-state index in [0.717, 1.165) is 11.1 Å². The first-order valence-corrected chi connectivity index (χ1v) is 13.8. The number of halogens is 1. The number of aliphatic hydroxyl groups is 2. The first kappa shape index (κ1) is 27.5. The molecule has 2 heterocycles. The Kier molecular flexibility index (Phi) is 7.97. The Labute approximate surface area is 222 Å². The summed E-state index contributed by atoms with van der Waals surface area (Å²) in [5.74, 6) is -0.256. The van der Waals surface area contributed by atoms with Crippen LogP contribution in [0.15, 0.2) is 48.2 Å². The predicted molar refractivity (Wildman–Crippen MR) is 139 cm³/mol. The highest BCUT2D eigenvalue weighted by atomic mass is 35.5. The number of ketones is 1. The van der Waals surface area contributed by atoms with Crippen molar-refractivity contribution >= 4 is 44.8 Å². The van der Waals surface area contributed by atoms with Crippen molar-refractivity contribution in [3.05, 3.63) is 74.8 Å². The largest absolute Gasteiger partial charge is 0.388 e. The third-order valence-electron chi connectivity index (χ3n) is 6.26. The number of thiophene rings is 1. The molecule has 1 aromatic carbocycles. The van der Waals surface area contributed by atoms with E-state index in [4.69, 9.17) is 21.5 Å². The van der Waals surface area contributed by atoms with Gasteiger partial charge in [-0.15, -0.1) is 11.3 Å². The Hall–Kier alpha value is -2.49. The summed E-state index contributed by atoms with van der Waals surface area (Å²) in [4.78, 5) is 21.9. The van der Waals surface area contributed by atoms with Crippen molar-refractivity contribution in [3.63, 3.8) is 0 Å². The fourth-order valence-corrected chi connectivity index (χ4v) is 5.85. The molecule has 14 heteroatoms. The zero-order valence-electron chi connectivity index (χ0n) is 19.8. The zero-order valence-corrected chi connectivity index (χ0v) is 22.2. The molecule has 198 valence electrons. The van der Waals surface area contributed by atoms with Gasteiger partial charge in [-0.2, -0.15) is 13.1 Å². The second-order valence-electron chi connectivity index (χ2n) is 8.79. The van der Waals surface area contributed by atoms with Gasteiger partial charge in [-0.3, -0.25) is 8.98 Å². The number of benzene rings is 1. The highest BCUT2D eigenvalue weighted by Gasteiger charge is 2.44. The summed E-state index contributed by atoms with van der Waals surface area (Å²) in [5.41, 5.74) is 7.33. The first-order valence-electron chi connectivity index (χ1n) is 11.2. The monoisotopic (exact) mass is 567 g/mol. The molecule has 0 saturated heterocycles. The maximum absolute atomic E-state index is 13.4. The van der Waals surface area contributed by atoms with Crippen LogP contribution >= 0.6 is 22.9 Å². The van der Waals surface area contributed by atoms with Crippen LogP contribution in [0.5, 0.6) is 0 Å². The molecule has 11 nitrogen and oxygen atoms in total. The molecule has 1 aliphatic rings. The van der Waals surface area contributed by atoms with Crippen molar-refractivity contribution in [3.8, 4) is 0 Å². The van der Waals surface area contributed by atoms with Crippen molar-refractivity contribution in [2.24, 2.45) is 5.73 Å². The molecule has 1 saturated carbocycles. The maximum Gasteiger partial charge on any atom is 0.335 e. The fraction of sp³-hybridized carbons (Fsp3) is 0.348. The molecule has 0 spiro atoms. The third-order valence-corrected chi connectivity index (χ3v) is 8.42. The normalized spacial score (nSPS) is 23.5. The molecule has 0 amide bonds. The molecule has 1 aliphatic carbocycles. The van der Waals surface area contributed by atoms with E-state index in [1.54, 1.807) is 29.6 Å². The number of anilines is 1. The fourth-order valence-electron chi connectivity index (χ4n) is 4.06. The molecule has 2 aromatic heterocycles. The molecule has 1 fully saturated rings. The highest BCUT2D eigenvalue weighted by molar-refractivity contribution is 7.84. The Bertz CT molecular complexity index is 1400. The average Bonchev–Trinajstić information content (AvgIpc) is 3.46. The molecule has 4 rings (SSSR count). The lowest BCUT2D eigenvalue weighted by Gasteiger charge is -2.24. The van der Waals surface area contributed by atoms with Gasteiger partial charge in [-0.05, 0) is 41.6 Å².